The van der Waals surface area contributed by atoms with Crippen LogP contribution in [0.25, 0.3) is 11.0 Å². The van der Waals surface area contributed by atoms with Gasteiger partial charge in [0.1, 0.15) is 5.82 Å². The molecule has 1 aliphatic heterocycles. The average Bonchev–Trinajstić information content (AvgIpc) is 3.30. The minimum Gasteiger partial charge on any atom is -0.481 e. The third-order valence-corrected chi connectivity index (χ3v) is 8.55. The van der Waals surface area contributed by atoms with Gasteiger partial charge in [-0.2, -0.15) is 0 Å². The summed E-state index contributed by atoms with van der Waals surface area (Å²) in [5.41, 5.74) is 8.37. The van der Waals surface area contributed by atoms with E-state index >= 15 is 0 Å². The summed E-state index contributed by atoms with van der Waals surface area (Å²) in [5, 5.41) is 9.53. The Morgan fingerprint density at radius 1 is 1.11 bits per heavy atom. The van der Waals surface area contributed by atoms with Crippen molar-refractivity contribution in [1.29, 1.82) is 0 Å². The number of carbonyl (C=O) groups excluding carboxylic acids is 1. The first-order chi connectivity index (χ1) is 17.8. The fourth-order valence-corrected chi connectivity index (χ4v) is 6.41. The van der Waals surface area contributed by atoms with Gasteiger partial charge in [0.2, 0.25) is 0 Å². The van der Waals surface area contributed by atoms with Crippen molar-refractivity contribution in [3.05, 3.63) is 64.0 Å². The molecular formula is C30H37N3O4. The number of carboxylic acid groups (broad SMARTS) is 1. The Bertz CT molecular complexity index is 1320. The summed E-state index contributed by atoms with van der Waals surface area (Å²) in [6, 6.07) is 11.0. The molecule has 1 N–H and O–H groups in total. The molecule has 37 heavy (non-hydrogen) atoms. The normalized spacial score (nSPS) is 20.5. The van der Waals surface area contributed by atoms with Crippen LogP contribution >= 0.6 is 0 Å². The van der Waals surface area contributed by atoms with Gasteiger partial charge in [-0.15, -0.1) is 0 Å². The molecule has 1 saturated carbocycles. The van der Waals surface area contributed by atoms with E-state index in [4.69, 9.17) is 9.72 Å². The van der Waals surface area contributed by atoms with E-state index in [1.165, 1.54) is 29.4 Å². The van der Waals surface area contributed by atoms with E-state index in [2.05, 4.69) is 55.7 Å². The van der Waals surface area contributed by atoms with Gasteiger partial charge >= 0.3 is 12.1 Å². The quantitative estimate of drug-likeness (QED) is 0.466. The predicted octanol–water partition coefficient (Wildman–Crippen LogP) is 5.94. The van der Waals surface area contributed by atoms with E-state index in [1.54, 1.807) is 4.90 Å². The number of amides is 1. The van der Waals surface area contributed by atoms with Crippen molar-refractivity contribution in [1.82, 2.24) is 14.5 Å². The van der Waals surface area contributed by atoms with Crippen LogP contribution in [0.2, 0.25) is 0 Å². The van der Waals surface area contributed by atoms with Gasteiger partial charge in [0, 0.05) is 24.1 Å². The zero-order valence-electron chi connectivity index (χ0n) is 22.3. The lowest BCUT2D eigenvalue weighted by Crippen LogP contribution is -2.35. The summed E-state index contributed by atoms with van der Waals surface area (Å²) < 4.78 is 7.42. The lowest BCUT2D eigenvalue weighted by molar-refractivity contribution is -0.142. The maximum Gasteiger partial charge on any atom is 0.409 e. The van der Waals surface area contributed by atoms with Crippen molar-refractivity contribution in [3.8, 4) is 0 Å². The first-order valence-corrected chi connectivity index (χ1v) is 13.4. The Balaban J connectivity index is 1.59. The molecule has 2 heterocycles. The summed E-state index contributed by atoms with van der Waals surface area (Å²) in [6.45, 7) is 7.74. The number of ether oxygens (including phenoxy) is 1. The van der Waals surface area contributed by atoms with E-state index < -0.39 is 5.97 Å². The van der Waals surface area contributed by atoms with Crippen LogP contribution < -0.4 is 0 Å². The molecule has 0 radical (unpaired) electrons. The van der Waals surface area contributed by atoms with E-state index in [0.29, 0.717) is 25.9 Å². The minimum atomic E-state index is -0.688. The molecule has 196 valence electrons. The fourth-order valence-electron chi connectivity index (χ4n) is 6.41. The van der Waals surface area contributed by atoms with E-state index in [9.17, 15) is 14.7 Å². The minimum absolute atomic E-state index is 0.176. The monoisotopic (exact) mass is 503 g/mol. The number of hydrogen-bond acceptors (Lipinski definition) is 4. The molecule has 1 fully saturated rings. The van der Waals surface area contributed by atoms with Crippen LogP contribution in [0.5, 0.6) is 0 Å². The molecule has 5 rings (SSSR count). The molecule has 7 heteroatoms. The molecule has 1 amide bonds. The number of carbonyl (C=O) groups is 2. The molecular weight excluding hydrogens is 466 g/mol. The van der Waals surface area contributed by atoms with Crippen molar-refractivity contribution in [2.24, 2.45) is 5.92 Å². The van der Waals surface area contributed by atoms with E-state index in [1.807, 2.05) is 0 Å². The number of rotatable bonds is 5. The third-order valence-electron chi connectivity index (χ3n) is 8.55. The second-order valence-electron chi connectivity index (χ2n) is 10.9. The number of carboxylic acids is 1. The zero-order valence-corrected chi connectivity index (χ0v) is 22.3. The third kappa shape index (κ3) is 4.72. The van der Waals surface area contributed by atoms with Crippen molar-refractivity contribution < 1.29 is 19.4 Å². The highest BCUT2D eigenvalue weighted by Gasteiger charge is 2.32. The van der Waals surface area contributed by atoms with Gasteiger partial charge in [-0.05, 0) is 87.6 Å². The summed E-state index contributed by atoms with van der Waals surface area (Å²) in [6.07, 6.45) is 4.39. The first-order valence-electron chi connectivity index (χ1n) is 13.4. The smallest absolute Gasteiger partial charge is 0.409 e. The van der Waals surface area contributed by atoms with Crippen LogP contribution in [0.4, 0.5) is 4.79 Å². The number of benzene rings is 2. The summed E-state index contributed by atoms with van der Waals surface area (Å²) in [4.78, 5) is 30.9. The maximum absolute atomic E-state index is 12.3. The fraction of sp³-hybridized carbons (Fsp3) is 0.500. The second-order valence-corrected chi connectivity index (χ2v) is 10.9. The number of nitrogens with zero attached hydrogens (tertiary/aromatic N) is 3. The molecule has 0 bridgehead atoms. The average molecular weight is 504 g/mol. The van der Waals surface area contributed by atoms with Gasteiger partial charge < -0.3 is 19.3 Å². The lowest BCUT2D eigenvalue weighted by atomic mass is 9.81. The number of hydrogen-bond donors (Lipinski definition) is 1. The topological polar surface area (TPSA) is 84.7 Å². The van der Waals surface area contributed by atoms with Crippen molar-refractivity contribution in [3.63, 3.8) is 0 Å². The van der Waals surface area contributed by atoms with Gasteiger partial charge in [-0.25, -0.2) is 9.78 Å². The van der Waals surface area contributed by atoms with Gasteiger partial charge in [-0.1, -0.05) is 24.3 Å². The van der Waals surface area contributed by atoms with E-state index in [-0.39, 0.29) is 24.0 Å². The Morgan fingerprint density at radius 2 is 1.81 bits per heavy atom. The molecule has 1 aromatic heterocycles. The van der Waals surface area contributed by atoms with Crippen LogP contribution in [0.3, 0.4) is 0 Å². The van der Waals surface area contributed by atoms with Crippen LogP contribution in [-0.4, -0.2) is 45.3 Å². The number of imidazole rings is 1. The largest absolute Gasteiger partial charge is 0.481 e. The molecule has 0 unspecified atom stereocenters. The van der Waals surface area contributed by atoms with Crippen molar-refractivity contribution in [2.45, 2.75) is 77.8 Å². The molecule has 2 aromatic carbocycles. The summed E-state index contributed by atoms with van der Waals surface area (Å²) >= 11 is 0. The lowest BCUT2D eigenvalue weighted by Gasteiger charge is -2.28. The molecule has 0 saturated heterocycles. The molecule has 7 nitrogen and oxygen atoms in total. The van der Waals surface area contributed by atoms with Crippen LogP contribution in [0.15, 0.2) is 30.3 Å². The zero-order chi connectivity index (χ0) is 26.3. The van der Waals surface area contributed by atoms with Gasteiger partial charge in [-0.3, -0.25) is 4.79 Å². The Morgan fingerprint density at radius 3 is 2.46 bits per heavy atom. The van der Waals surface area contributed by atoms with E-state index in [0.717, 1.165) is 48.1 Å². The number of aryl methyl sites for hydroxylation is 2. The standard InChI is InChI=1S/C30H37N3O4/c1-18-6-5-7-19(2)24(18)16-20(3)33-26-13-12-21-14-15-32(30(36)37-4)17-25(21)27(26)31-28(33)22-8-10-23(11-9-22)29(34)35/h5-7,12-13,20,22-23H,8-11,14-17H2,1-4H3,(H,34,35)/t20-,22?,23?/m0/s1. The second kappa shape index (κ2) is 10.2. The van der Waals surface area contributed by atoms with Gasteiger partial charge in [0.25, 0.3) is 0 Å². The maximum atomic E-state index is 12.3. The van der Waals surface area contributed by atoms with Gasteiger partial charge in [0.15, 0.2) is 0 Å². The predicted molar refractivity (Wildman–Crippen MR) is 143 cm³/mol. The Kier molecular flexibility index (Phi) is 6.97. The van der Waals surface area contributed by atoms with Crippen LogP contribution in [0, 0.1) is 19.8 Å². The molecule has 2 aliphatic rings. The number of aromatic nitrogens is 2. The van der Waals surface area contributed by atoms with Crippen LogP contribution in [0.1, 0.15) is 78.2 Å². The number of fused-ring (bicyclic) bond motifs is 3. The summed E-state index contributed by atoms with van der Waals surface area (Å²) in [7, 11) is 1.42. The molecule has 3 aromatic rings. The Labute approximate surface area is 218 Å². The molecule has 1 aliphatic carbocycles. The Hall–Kier alpha value is -3.35. The first kappa shape index (κ1) is 25.3. The number of methoxy groups -OCH3 is 1. The highest BCUT2D eigenvalue weighted by atomic mass is 16.5. The SMILES string of the molecule is COC(=O)N1CCc2ccc3c(nc(C4CCC(C(=O)O)CC4)n3[C@@H](C)Cc3c(C)cccc3C)c2C1. The van der Waals surface area contributed by atoms with Crippen molar-refractivity contribution in [2.75, 3.05) is 13.7 Å². The number of aliphatic carboxylic acids is 1. The van der Waals surface area contributed by atoms with Gasteiger partial charge in [0.05, 0.1) is 30.6 Å². The summed E-state index contributed by atoms with van der Waals surface area (Å²) in [5.74, 6) is 0.329. The highest BCUT2D eigenvalue weighted by Crippen LogP contribution is 2.40. The molecule has 0 spiro atoms. The highest BCUT2D eigenvalue weighted by molar-refractivity contribution is 5.82. The van der Waals surface area contributed by atoms with Crippen molar-refractivity contribution >= 4 is 23.1 Å². The van der Waals surface area contributed by atoms with Crippen LogP contribution in [-0.2, 0) is 28.9 Å². The molecule has 1 atom stereocenters.